The lowest BCUT2D eigenvalue weighted by atomic mass is 10.1. The molecule has 6 nitrogen and oxygen atoms in total. The summed E-state index contributed by atoms with van der Waals surface area (Å²) in [5.74, 6) is -0.653. The number of esters is 1. The highest BCUT2D eigenvalue weighted by molar-refractivity contribution is 5.90. The summed E-state index contributed by atoms with van der Waals surface area (Å²) in [5.41, 5.74) is 2.35. The normalized spacial score (nSPS) is 10.3. The molecule has 0 saturated carbocycles. The molecule has 0 atom stereocenters. The molecule has 0 spiro atoms. The van der Waals surface area contributed by atoms with E-state index in [1.165, 1.54) is 6.07 Å². The second-order valence-electron chi connectivity index (χ2n) is 4.36. The Bertz CT molecular complexity index is 687. The first kappa shape index (κ1) is 13.9. The Kier molecular flexibility index (Phi) is 3.93. The summed E-state index contributed by atoms with van der Waals surface area (Å²) in [6, 6.07) is 5.11. The fourth-order valence-corrected chi connectivity index (χ4v) is 1.90. The maximum atomic E-state index is 11.7. The maximum Gasteiger partial charge on any atom is 0.343 e. The van der Waals surface area contributed by atoms with Crippen LogP contribution in [0, 0.1) is 13.8 Å². The monoisotopic (exact) mass is 273 g/mol. The molecule has 0 aliphatic rings. The molecule has 0 radical (unpaired) electrons. The van der Waals surface area contributed by atoms with E-state index >= 15 is 0 Å². The lowest BCUT2D eigenvalue weighted by Gasteiger charge is -2.05. The van der Waals surface area contributed by atoms with Crippen molar-refractivity contribution in [2.45, 2.75) is 20.8 Å². The van der Waals surface area contributed by atoms with Crippen LogP contribution in [0.5, 0.6) is 0 Å². The van der Waals surface area contributed by atoms with Crippen LogP contribution in [0.1, 0.15) is 28.7 Å². The fourth-order valence-electron chi connectivity index (χ4n) is 1.90. The number of aromatic nitrogens is 3. The van der Waals surface area contributed by atoms with Crippen molar-refractivity contribution in [1.29, 1.82) is 0 Å². The standard InChI is InChI=1S/C14H15N3O3/c1-4-20-14(19)11-7-12(16-17-13(11)18)10-5-8(2)15-9(3)6-10/h5-7H,4H2,1-3H3,(H,17,18). The third-order valence-electron chi connectivity index (χ3n) is 2.68. The Balaban J connectivity index is 2.51. The predicted octanol–water partition coefficient (Wildman–Crippen LogP) is 1.63. The summed E-state index contributed by atoms with van der Waals surface area (Å²) in [7, 11) is 0. The van der Waals surface area contributed by atoms with Gasteiger partial charge >= 0.3 is 5.97 Å². The zero-order valence-corrected chi connectivity index (χ0v) is 11.6. The number of nitrogens with one attached hydrogen (secondary N) is 1. The molecule has 1 N–H and O–H groups in total. The number of carbonyl (C=O) groups excluding carboxylic acids is 1. The van der Waals surface area contributed by atoms with E-state index in [-0.39, 0.29) is 12.2 Å². The summed E-state index contributed by atoms with van der Waals surface area (Å²) < 4.78 is 4.85. The van der Waals surface area contributed by atoms with Gasteiger partial charge in [0.1, 0.15) is 5.56 Å². The maximum absolute atomic E-state index is 11.7. The number of nitrogens with zero attached hydrogens (tertiary/aromatic N) is 2. The van der Waals surface area contributed by atoms with Crippen LogP contribution in [0.3, 0.4) is 0 Å². The SMILES string of the molecule is CCOC(=O)c1cc(-c2cc(C)nc(C)c2)n[nH]c1=O. The second-order valence-corrected chi connectivity index (χ2v) is 4.36. The first-order valence-electron chi connectivity index (χ1n) is 6.23. The van der Waals surface area contributed by atoms with Crippen LogP contribution in [0.25, 0.3) is 11.3 Å². The van der Waals surface area contributed by atoms with Crippen LogP contribution in [0.4, 0.5) is 0 Å². The average molecular weight is 273 g/mol. The molecule has 2 heterocycles. The zero-order valence-electron chi connectivity index (χ0n) is 11.6. The molecule has 0 fully saturated rings. The number of carbonyl (C=O) groups is 1. The fraction of sp³-hybridized carbons (Fsp3) is 0.286. The molecule has 0 amide bonds. The van der Waals surface area contributed by atoms with Crippen molar-refractivity contribution in [2.75, 3.05) is 6.61 Å². The Hall–Kier alpha value is -2.50. The summed E-state index contributed by atoms with van der Waals surface area (Å²) >= 11 is 0. The summed E-state index contributed by atoms with van der Waals surface area (Å²) in [4.78, 5) is 27.6. The number of rotatable bonds is 3. The smallest absolute Gasteiger partial charge is 0.343 e. The summed E-state index contributed by atoms with van der Waals surface area (Å²) in [6.07, 6.45) is 0. The van der Waals surface area contributed by atoms with E-state index < -0.39 is 11.5 Å². The highest BCUT2D eigenvalue weighted by Gasteiger charge is 2.14. The minimum absolute atomic E-state index is 0.0519. The van der Waals surface area contributed by atoms with E-state index in [1.807, 2.05) is 26.0 Å². The van der Waals surface area contributed by atoms with Gasteiger partial charge in [-0.25, -0.2) is 9.89 Å². The third-order valence-corrected chi connectivity index (χ3v) is 2.68. The van der Waals surface area contributed by atoms with Crippen LogP contribution in [-0.4, -0.2) is 27.8 Å². The third kappa shape index (κ3) is 2.90. The number of aromatic amines is 1. The van der Waals surface area contributed by atoms with Gasteiger partial charge in [0.15, 0.2) is 0 Å². The van der Waals surface area contributed by atoms with Crippen molar-refractivity contribution >= 4 is 5.97 Å². The van der Waals surface area contributed by atoms with Gasteiger partial charge in [-0.15, -0.1) is 0 Å². The van der Waals surface area contributed by atoms with Gasteiger partial charge in [-0.2, -0.15) is 5.10 Å². The number of hydrogen-bond donors (Lipinski definition) is 1. The van der Waals surface area contributed by atoms with Crippen LogP contribution < -0.4 is 5.56 Å². The Labute approximate surface area is 115 Å². The summed E-state index contributed by atoms with van der Waals surface area (Å²) in [5, 5.41) is 6.28. The summed E-state index contributed by atoms with van der Waals surface area (Å²) in [6.45, 7) is 5.63. The first-order valence-corrected chi connectivity index (χ1v) is 6.23. The average Bonchev–Trinajstić information content (AvgIpc) is 2.38. The van der Waals surface area contributed by atoms with Gasteiger partial charge in [-0.3, -0.25) is 9.78 Å². The zero-order chi connectivity index (χ0) is 14.7. The van der Waals surface area contributed by atoms with E-state index in [9.17, 15) is 9.59 Å². The van der Waals surface area contributed by atoms with Crippen LogP contribution >= 0.6 is 0 Å². The molecule has 0 aliphatic carbocycles. The minimum atomic E-state index is -0.653. The Morgan fingerprint density at radius 3 is 2.50 bits per heavy atom. The van der Waals surface area contributed by atoms with Gasteiger partial charge in [0.2, 0.25) is 0 Å². The van der Waals surface area contributed by atoms with Crippen molar-refractivity contribution < 1.29 is 9.53 Å². The Morgan fingerprint density at radius 1 is 1.25 bits per heavy atom. The molecular formula is C14H15N3O3. The van der Waals surface area contributed by atoms with E-state index in [1.54, 1.807) is 6.92 Å². The lowest BCUT2D eigenvalue weighted by Crippen LogP contribution is -2.21. The van der Waals surface area contributed by atoms with Crippen molar-refractivity contribution in [1.82, 2.24) is 15.2 Å². The molecule has 0 aromatic carbocycles. The predicted molar refractivity (Wildman–Crippen MR) is 73.5 cm³/mol. The largest absolute Gasteiger partial charge is 0.462 e. The quantitative estimate of drug-likeness (QED) is 0.859. The molecule has 0 bridgehead atoms. The Morgan fingerprint density at radius 2 is 1.90 bits per heavy atom. The highest BCUT2D eigenvalue weighted by atomic mass is 16.5. The minimum Gasteiger partial charge on any atom is -0.462 e. The van der Waals surface area contributed by atoms with Gasteiger partial charge in [0.05, 0.1) is 12.3 Å². The molecule has 2 rings (SSSR count). The van der Waals surface area contributed by atoms with Crippen LogP contribution in [0.2, 0.25) is 0 Å². The molecule has 0 unspecified atom stereocenters. The first-order chi connectivity index (χ1) is 9.51. The molecule has 0 saturated heterocycles. The van der Waals surface area contributed by atoms with Crippen molar-refractivity contribution in [3.05, 3.63) is 45.5 Å². The van der Waals surface area contributed by atoms with Gasteiger partial charge < -0.3 is 4.74 Å². The molecule has 2 aromatic rings. The number of ether oxygens (including phenoxy) is 1. The second kappa shape index (κ2) is 5.64. The van der Waals surface area contributed by atoms with Gasteiger partial charge in [-0.05, 0) is 39.0 Å². The molecule has 20 heavy (non-hydrogen) atoms. The number of H-pyrrole nitrogens is 1. The molecule has 0 aliphatic heterocycles. The van der Waals surface area contributed by atoms with Crippen molar-refractivity contribution in [3.8, 4) is 11.3 Å². The van der Waals surface area contributed by atoms with Crippen LogP contribution in [0.15, 0.2) is 23.0 Å². The van der Waals surface area contributed by atoms with E-state index in [2.05, 4.69) is 15.2 Å². The van der Waals surface area contributed by atoms with Crippen molar-refractivity contribution in [2.24, 2.45) is 0 Å². The number of aryl methyl sites for hydroxylation is 2. The molecule has 104 valence electrons. The van der Waals surface area contributed by atoms with Crippen LogP contribution in [-0.2, 0) is 4.74 Å². The van der Waals surface area contributed by atoms with Gasteiger partial charge in [-0.1, -0.05) is 0 Å². The van der Waals surface area contributed by atoms with E-state index in [4.69, 9.17) is 4.74 Å². The van der Waals surface area contributed by atoms with Crippen molar-refractivity contribution in [3.63, 3.8) is 0 Å². The van der Waals surface area contributed by atoms with E-state index in [0.717, 1.165) is 17.0 Å². The topological polar surface area (TPSA) is 84.9 Å². The highest BCUT2D eigenvalue weighted by Crippen LogP contribution is 2.18. The molecule has 6 heteroatoms. The van der Waals surface area contributed by atoms with Gasteiger partial charge in [0, 0.05) is 17.0 Å². The molecule has 2 aromatic heterocycles. The number of pyridine rings is 1. The number of hydrogen-bond acceptors (Lipinski definition) is 5. The molecular weight excluding hydrogens is 258 g/mol. The van der Waals surface area contributed by atoms with Gasteiger partial charge in [0.25, 0.3) is 5.56 Å². The van der Waals surface area contributed by atoms with E-state index in [0.29, 0.717) is 5.69 Å². The lowest BCUT2D eigenvalue weighted by molar-refractivity contribution is 0.0524.